The van der Waals surface area contributed by atoms with Gasteiger partial charge in [-0.1, -0.05) is 25.0 Å². The molecule has 2 fully saturated rings. The number of urea groups is 1. The maximum Gasteiger partial charge on any atom is 0.321 e. The van der Waals surface area contributed by atoms with E-state index < -0.39 is 5.54 Å². The number of carbonyl (C=O) groups excluding carboxylic acids is 2. The van der Waals surface area contributed by atoms with Gasteiger partial charge in [-0.25, -0.2) is 4.79 Å². The summed E-state index contributed by atoms with van der Waals surface area (Å²) in [5.41, 5.74) is 7.62. The molecular weight excluding hydrogens is 364 g/mol. The van der Waals surface area contributed by atoms with Gasteiger partial charge >= 0.3 is 6.03 Å². The Bertz CT molecular complexity index is 659. The van der Waals surface area contributed by atoms with Crippen LogP contribution in [0.25, 0.3) is 0 Å². The number of nitrogens with two attached hydrogens (primary N) is 1. The molecule has 3 amide bonds. The number of nitrogens with one attached hydrogen (secondary N) is 2. The molecule has 1 saturated heterocycles. The first-order chi connectivity index (χ1) is 12.5. The number of nitrogens with zero attached hydrogens (tertiary/aromatic N) is 1. The molecule has 0 radical (unpaired) electrons. The highest BCUT2D eigenvalue weighted by Crippen LogP contribution is 2.31. The number of carbonyl (C=O) groups is 2. The number of hydrogen-bond donors (Lipinski definition) is 3. The summed E-state index contributed by atoms with van der Waals surface area (Å²) in [6, 6.07) is 7.58. The van der Waals surface area contributed by atoms with Gasteiger partial charge in [-0.2, -0.15) is 0 Å². The molecule has 0 aromatic heterocycles. The van der Waals surface area contributed by atoms with Crippen molar-refractivity contribution in [1.29, 1.82) is 0 Å². The second kappa shape index (κ2) is 9.42. The van der Waals surface area contributed by atoms with Gasteiger partial charge in [0.25, 0.3) is 0 Å². The number of rotatable bonds is 4. The van der Waals surface area contributed by atoms with Crippen molar-refractivity contribution in [1.82, 2.24) is 10.2 Å². The molecule has 150 valence electrons. The van der Waals surface area contributed by atoms with Crippen molar-refractivity contribution in [2.45, 2.75) is 57.5 Å². The standard InChI is InChI=1S/C20H30N4O2.ClH/c1-20(21)10-3-2-9-17(20)18(25)22-14-15-7-6-8-16(13-15)23-19(26)24-11-4-5-12-24;/h6-8,13,17H,2-5,9-12,14,21H2,1H3,(H,22,25)(H,23,26);1H. The van der Waals surface area contributed by atoms with Gasteiger partial charge in [0.2, 0.25) is 5.91 Å². The SMILES string of the molecule is CC1(N)CCCCC1C(=O)NCc1cccc(NC(=O)N2CCCC2)c1.Cl. The van der Waals surface area contributed by atoms with E-state index in [0.29, 0.717) is 6.54 Å². The molecule has 1 aromatic rings. The van der Waals surface area contributed by atoms with E-state index in [1.807, 2.05) is 36.1 Å². The quantitative estimate of drug-likeness (QED) is 0.732. The highest BCUT2D eigenvalue weighted by Gasteiger charge is 2.37. The summed E-state index contributed by atoms with van der Waals surface area (Å²) in [7, 11) is 0. The third kappa shape index (κ3) is 5.59. The van der Waals surface area contributed by atoms with Gasteiger partial charge in [-0.3, -0.25) is 4.79 Å². The molecular formula is C20H31ClN4O2. The van der Waals surface area contributed by atoms with Gasteiger partial charge in [0, 0.05) is 30.9 Å². The van der Waals surface area contributed by atoms with Crippen LogP contribution in [-0.2, 0) is 11.3 Å². The van der Waals surface area contributed by atoms with Crippen molar-refractivity contribution in [2.24, 2.45) is 11.7 Å². The Morgan fingerprint density at radius 3 is 2.67 bits per heavy atom. The number of amides is 3. The van der Waals surface area contributed by atoms with Crippen LogP contribution in [0.4, 0.5) is 10.5 Å². The predicted molar refractivity (Wildman–Crippen MR) is 110 cm³/mol. The highest BCUT2D eigenvalue weighted by atomic mass is 35.5. The Morgan fingerprint density at radius 2 is 1.96 bits per heavy atom. The number of anilines is 1. The van der Waals surface area contributed by atoms with Crippen molar-refractivity contribution in [2.75, 3.05) is 18.4 Å². The topological polar surface area (TPSA) is 87.5 Å². The van der Waals surface area contributed by atoms with Gasteiger partial charge in [0.15, 0.2) is 0 Å². The van der Waals surface area contributed by atoms with E-state index >= 15 is 0 Å². The molecule has 0 bridgehead atoms. The predicted octanol–water partition coefficient (Wildman–Crippen LogP) is 3.26. The van der Waals surface area contributed by atoms with Crippen LogP contribution in [0.2, 0.25) is 0 Å². The molecule has 3 rings (SSSR count). The monoisotopic (exact) mass is 394 g/mol. The molecule has 1 aliphatic carbocycles. The third-order valence-corrected chi connectivity index (χ3v) is 5.61. The Hall–Kier alpha value is -1.79. The summed E-state index contributed by atoms with van der Waals surface area (Å²) in [5.74, 6) is -0.101. The first-order valence-electron chi connectivity index (χ1n) is 9.67. The van der Waals surface area contributed by atoms with Gasteiger partial charge in [0.1, 0.15) is 0 Å². The zero-order valence-electron chi connectivity index (χ0n) is 16.0. The molecule has 27 heavy (non-hydrogen) atoms. The fourth-order valence-electron chi connectivity index (χ4n) is 3.98. The molecule has 7 heteroatoms. The van der Waals surface area contributed by atoms with Gasteiger partial charge in [-0.15, -0.1) is 12.4 Å². The van der Waals surface area contributed by atoms with Gasteiger partial charge in [-0.05, 0) is 50.3 Å². The lowest BCUT2D eigenvalue weighted by atomic mass is 9.74. The van der Waals surface area contributed by atoms with E-state index in [0.717, 1.165) is 62.9 Å². The van der Waals surface area contributed by atoms with Crippen molar-refractivity contribution in [3.05, 3.63) is 29.8 Å². The maximum absolute atomic E-state index is 12.6. The average Bonchev–Trinajstić information content (AvgIpc) is 3.14. The zero-order valence-corrected chi connectivity index (χ0v) is 16.8. The van der Waals surface area contributed by atoms with E-state index in [-0.39, 0.29) is 30.3 Å². The zero-order chi connectivity index (χ0) is 18.6. The van der Waals surface area contributed by atoms with Crippen LogP contribution in [0.15, 0.2) is 24.3 Å². The Balaban J connectivity index is 0.00000261. The lowest BCUT2D eigenvalue weighted by molar-refractivity contribution is -0.128. The molecule has 1 aromatic carbocycles. The smallest absolute Gasteiger partial charge is 0.321 e. The minimum atomic E-state index is -0.423. The average molecular weight is 395 g/mol. The third-order valence-electron chi connectivity index (χ3n) is 5.61. The molecule has 2 unspecified atom stereocenters. The van der Waals surface area contributed by atoms with Crippen LogP contribution in [0.3, 0.4) is 0 Å². The fraction of sp³-hybridized carbons (Fsp3) is 0.600. The summed E-state index contributed by atoms with van der Waals surface area (Å²) in [6.45, 7) is 4.06. The normalized spacial score (nSPS) is 24.8. The summed E-state index contributed by atoms with van der Waals surface area (Å²) < 4.78 is 0. The maximum atomic E-state index is 12.6. The molecule has 2 atom stereocenters. The molecule has 6 nitrogen and oxygen atoms in total. The summed E-state index contributed by atoms with van der Waals surface area (Å²) in [4.78, 5) is 26.6. The van der Waals surface area contributed by atoms with Crippen molar-refractivity contribution in [3.8, 4) is 0 Å². The van der Waals surface area contributed by atoms with Crippen LogP contribution < -0.4 is 16.4 Å². The number of hydrogen-bond acceptors (Lipinski definition) is 3. The fourth-order valence-corrected chi connectivity index (χ4v) is 3.98. The van der Waals surface area contributed by atoms with Gasteiger partial charge < -0.3 is 21.3 Å². The second-order valence-corrected chi connectivity index (χ2v) is 7.85. The largest absolute Gasteiger partial charge is 0.352 e. The highest BCUT2D eigenvalue weighted by molar-refractivity contribution is 5.89. The first kappa shape index (κ1) is 21.5. The Kier molecular flexibility index (Phi) is 7.50. The minimum absolute atomic E-state index is 0. The lowest BCUT2D eigenvalue weighted by Gasteiger charge is -2.37. The van der Waals surface area contributed by atoms with E-state index in [9.17, 15) is 9.59 Å². The molecule has 1 heterocycles. The van der Waals surface area contributed by atoms with E-state index in [2.05, 4.69) is 10.6 Å². The molecule has 0 spiro atoms. The van der Waals surface area contributed by atoms with E-state index in [4.69, 9.17) is 5.73 Å². The first-order valence-corrected chi connectivity index (χ1v) is 9.67. The minimum Gasteiger partial charge on any atom is -0.352 e. The number of halogens is 1. The molecule has 2 aliphatic rings. The summed E-state index contributed by atoms with van der Waals surface area (Å²) >= 11 is 0. The second-order valence-electron chi connectivity index (χ2n) is 7.85. The molecule has 1 aliphatic heterocycles. The lowest BCUT2D eigenvalue weighted by Crippen LogP contribution is -2.52. The molecule has 1 saturated carbocycles. The summed E-state index contributed by atoms with van der Waals surface area (Å²) in [5, 5.41) is 5.96. The Morgan fingerprint density at radius 1 is 1.22 bits per heavy atom. The number of benzene rings is 1. The van der Waals surface area contributed by atoms with Crippen LogP contribution in [0.5, 0.6) is 0 Å². The molecule has 4 N–H and O–H groups in total. The van der Waals surface area contributed by atoms with Crippen molar-refractivity contribution >= 4 is 30.0 Å². The number of likely N-dealkylation sites (tertiary alicyclic amines) is 1. The van der Waals surface area contributed by atoms with Crippen molar-refractivity contribution < 1.29 is 9.59 Å². The van der Waals surface area contributed by atoms with Crippen LogP contribution in [0.1, 0.15) is 51.0 Å². The van der Waals surface area contributed by atoms with Crippen LogP contribution >= 0.6 is 12.4 Å². The van der Waals surface area contributed by atoms with Crippen LogP contribution in [0, 0.1) is 5.92 Å². The van der Waals surface area contributed by atoms with Crippen molar-refractivity contribution in [3.63, 3.8) is 0 Å². The van der Waals surface area contributed by atoms with Gasteiger partial charge in [0.05, 0.1) is 5.92 Å². The van der Waals surface area contributed by atoms with E-state index in [1.54, 1.807) is 0 Å². The van der Waals surface area contributed by atoms with Crippen LogP contribution in [-0.4, -0.2) is 35.5 Å². The Labute approximate surface area is 167 Å². The summed E-state index contributed by atoms with van der Waals surface area (Å²) in [6.07, 6.45) is 6.04. The van der Waals surface area contributed by atoms with E-state index in [1.165, 1.54) is 0 Å².